The van der Waals surface area contributed by atoms with Crippen molar-refractivity contribution in [3.8, 4) is 5.75 Å². The zero-order chi connectivity index (χ0) is 23.2. The predicted octanol–water partition coefficient (Wildman–Crippen LogP) is 1.48. The second kappa shape index (κ2) is 7.91. The number of hydrogen-bond acceptors (Lipinski definition) is 5. The Morgan fingerprint density at radius 3 is 2.45 bits per heavy atom. The van der Waals surface area contributed by atoms with E-state index in [0.29, 0.717) is 42.6 Å². The average Bonchev–Trinajstić information content (AvgIpc) is 3.28. The number of benzene rings is 2. The summed E-state index contributed by atoms with van der Waals surface area (Å²) < 4.78 is 0. The minimum atomic E-state index is -1.27. The van der Waals surface area contributed by atoms with Crippen LogP contribution in [0.1, 0.15) is 39.1 Å². The maximum atomic E-state index is 13.0. The maximum absolute atomic E-state index is 13.0. The molecule has 9 heteroatoms. The second-order valence-electron chi connectivity index (χ2n) is 8.81. The van der Waals surface area contributed by atoms with Crippen molar-refractivity contribution in [1.82, 2.24) is 20.4 Å². The minimum absolute atomic E-state index is 0.0240. The molecular formula is C24H24N4O5. The van der Waals surface area contributed by atoms with Crippen molar-refractivity contribution < 1.29 is 24.3 Å². The van der Waals surface area contributed by atoms with Crippen LogP contribution in [-0.2, 0) is 11.3 Å². The zero-order valence-corrected chi connectivity index (χ0v) is 17.9. The van der Waals surface area contributed by atoms with Crippen LogP contribution < -0.4 is 10.6 Å². The first-order valence-electron chi connectivity index (χ1n) is 11.0. The molecule has 33 heavy (non-hydrogen) atoms. The summed E-state index contributed by atoms with van der Waals surface area (Å²) in [6.45, 7) is 1.17. The van der Waals surface area contributed by atoms with E-state index in [-0.39, 0.29) is 36.6 Å². The summed E-state index contributed by atoms with van der Waals surface area (Å²) in [5.41, 5.74) is 0.513. The van der Waals surface area contributed by atoms with E-state index in [9.17, 15) is 24.3 Å². The predicted molar refractivity (Wildman–Crippen MR) is 117 cm³/mol. The number of nitrogens with one attached hydrogen (secondary N) is 2. The number of imide groups is 1. The summed E-state index contributed by atoms with van der Waals surface area (Å²) in [5, 5.41) is 14.9. The van der Waals surface area contributed by atoms with Crippen molar-refractivity contribution in [3.05, 3.63) is 65.2 Å². The van der Waals surface area contributed by atoms with Crippen molar-refractivity contribution in [2.24, 2.45) is 5.92 Å². The molecule has 0 aliphatic carbocycles. The quantitative estimate of drug-likeness (QED) is 0.612. The van der Waals surface area contributed by atoms with Crippen LogP contribution >= 0.6 is 0 Å². The molecule has 3 aliphatic rings. The highest BCUT2D eigenvalue weighted by Gasteiger charge is 2.54. The highest BCUT2D eigenvalue weighted by Crippen LogP contribution is 2.35. The Hall–Kier alpha value is -3.88. The molecule has 0 saturated carbocycles. The lowest BCUT2D eigenvalue weighted by molar-refractivity contribution is -0.127. The largest absolute Gasteiger partial charge is 0.508 e. The van der Waals surface area contributed by atoms with E-state index >= 15 is 0 Å². The number of nitrogens with zero attached hydrogens (tertiary/aromatic N) is 2. The molecule has 170 valence electrons. The molecule has 1 unspecified atom stereocenters. The van der Waals surface area contributed by atoms with Gasteiger partial charge in [0.1, 0.15) is 11.3 Å². The van der Waals surface area contributed by atoms with Gasteiger partial charge in [-0.1, -0.05) is 18.2 Å². The van der Waals surface area contributed by atoms with Gasteiger partial charge in [-0.15, -0.1) is 0 Å². The number of phenolic OH excluding ortho intramolecular Hbond substituents is 1. The van der Waals surface area contributed by atoms with Crippen molar-refractivity contribution >= 4 is 23.8 Å². The summed E-state index contributed by atoms with van der Waals surface area (Å²) in [5.74, 6) is -0.927. The van der Waals surface area contributed by atoms with E-state index in [4.69, 9.17) is 0 Å². The second-order valence-corrected chi connectivity index (χ2v) is 8.81. The number of fused-ring (bicyclic) bond motifs is 1. The molecule has 2 saturated heterocycles. The van der Waals surface area contributed by atoms with Crippen LogP contribution in [0, 0.1) is 5.92 Å². The summed E-state index contributed by atoms with van der Waals surface area (Å²) in [7, 11) is 0. The third-order valence-corrected chi connectivity index (χ3v) is 6.88. The minimum Gasteiger partial charge on any atom is -0.508 e. The normalized spacial score (nSPS) is 22.8. The SMILES string of the molecule is O=C1NC(=O)C(CN2Cc3cc(O)ccc3C2=O)(C2CCN(C(=O)c3ccccc3)CC2)N1. The van der Waals surface area contributed by atoms with Crippen LogP contribution in [0.2, 0.25) is 0 Å². The van der Waals surface area contributed by atoms with Crippen LogP contribution in [0.25, 0.3) is 0 Å². The van der Waals surface area contributed by atoms with Crippen molar-refractivity contribution in [1.29, 1.82) is 0 Å². The van der Waals surface area contributed by atoms with Gasteiger partial charge < -0.3 is 20.2 Å². The molecule has 3 heterocycles. The summed E-state index contributed by atoms with van der Waals surface area (Å²) in [6.07, 6.45) is 1.03. The number of piperidine rings is 1. The smallest absolute Gasteiger partial charge is 0.322 e. The topological polar surface area (TPSA) is 119 Å². The molecule has 3 aliphatic heterocycles. The Morgan fingerprint density at radius 2 is 1.79 bits per heavy atom. The molecule has 9 nitrogen and oxygen atoms in total. The van der Waals surface area contributed by atoms with Crippen molar-refractivity contribution in [2.75, 3.05) is 19.6 Å². The lowest BCUT2D eigenvalue weighted by Crippen LogP contribution is -2.62. The van der Waals surface area contributed by atoms with Gasteiger partial charge in [0, 0.05) is 30.8 Å². The number of urea groups is 1. The maximum Gasteiger partial charge on any atom is 0.322 e. The van der Waals surface area contributed by atoms with Crippen LogP contribution in [0.15, 0.2) is 48.5 Å². The van der Waals surface area contributed by atoms with Gasteiger partial charge in [0.25, 0.3) is 17.7 Å². The van der Waals surface area contributed by atoms with E-state index in [1.165, 1.54) is 11.0 Å². The lowest BCUT2D eigenvalue weighted by atomic mass is 9.77. The Balaban J connectivity index is 1.34. The van der Waals surface area contributed by atoms with Crippen LogP contribution in [0.5, 0.6) is 5.75 Å². The Bertz CT molecular complexity index is 1140. The number of amides is 5. The number of aromatic hydroxyl groups is 1. The third kappa shape index (κ3) is 3.59. The molecule has 0 radical (unpaired) electrons. The fraction of sp³-hybridized carbons (Fsp3) is 0.333. The molecule has 0 aromatic heterocycles. The molecule has 1 atom stereocenters. The molecule has 2 aromatic rings. The van der Waals surface area contributed by atoms with Gasteiger partial charge in [-0.3, -0.25) is 19.7 Å². The number of carbonyl (C=O) groups excluding carboxylic acids is 4. The molecule has 0 spiro atoms. The van der Waals surface area contributed by atoms with E-state index in [1.807, 2.05) is 18.2 Å². The summed E-state index contributed by atoms with van der Waals surface area (Å²) in [4.78, 5) is 54.2. The molecule has 5 rings (SSSR count). The van der Waals surface area contributed by atoms with E-state index in [0.717, 1.165) is 0 Å². The molecule has 2 fully saturated rings. The number of rotatable bonds is 4. The zero-order valence-electron chi connectivity index (χ0n) is 17.9. The van der Waals surface area contributed by atoms with Gasteiger partial charge >= 0.3 is 6.03 Å². The van der Waals surface area contributed by atoms with Gasteiger partial charge in [0.2, 0.25) is 0 Å². The van der Waals surface area contributed by atoms with Crippen LogP contribution in [-0.4, -0.2) is 63.8 Å². The van der Waals surface area contributed by atoms with Crippen LogP contribution in [0.3, 0.4) is 0 Å². The first kappa shape index (κ1) is 21.0. The van der Waals surface area contributed by atoms with Gasteiger partial charge in [0.15, 0.2) is 0 Å². The fourth-order valence-electron chi connectivity index (χ4n) is 5.17. The van der Waals surface area contributed by atoms with E-state index in [2.05, 4.69) is 10.6 Å². The molecule has 3 N–H and O–H groups in total. The van der Waals surface area contributed by atoms with Gasteiger partial charge in [-0.25, -0.2) is 4.79 Å². The van der Waals surface area contributed by atoms with E-state index in [1.54, 1.807) is 29.2 Å². The number of hydrogen-bond donors (Lipinski definition) is 3. The van der Waals surface area contributed by atoms with Crippen LogP contribution in [0.4, 0.5) is 4.79 Å². The number of carbonyl (C=O) groups is 4. The van der Waals surface area contributed by atoms with Crippen molar-refractivity contribution in [2.45, 2.75) is 24.9 Å². The van der Waals surface area contributed by atoms with Gasteiger partial charge in [-0.2, -0.15) is 0 Å². The third-order valence-electron chi connectivity index (χ3n) is 6.88. The van der Waals surface area contributed by atoms with E-state index < -0.39 is 17.5 Å². The Morgan fingerprint density at radius 1 is 1.06 bits per heavy atom. The summed E-state index contributed by atoms with van der Waals surface area (Å²) in [6, 6.07) is 13.0. The standard InChI is InChI=1S/C24H24N4O5/c29-18-6-7-19-16(12-18)13-28(21(19)31)14-24(22(32)25-23(33)26-24)17-8-10-27(11-9-17)20(30)15-4-2-1-3-5-15/h1-7,12,17,29H,8-11,13-14H2,(H2,25,26,32,33). The summed E-state index contributed by atoms with van der Waals surface area (Å²) >= 11 is 0. The Kier molecular flexibility index (Phi) is 5.03. The van der Waals surface area contributed by atoms with Gasteiger partial charge in [0.05, 0.1) is 6.54 Å². The molecule has 2 aromatic carbocycles. The van der Waals surface area contributed by atoms with Gasteiger partial charge in [-0.05, 0) is 54.7 Å². The first-order chi connectivity index (χ1) is 15.9. The number of likely N-dealkylation sites (tertiary alicyclic amines) is 1. The fourth-order valence-corrected chi connectivity index (χ4v) is 5.17. The highest BCUT2D eigenvalue weighted by molar-refractivity contribution is 6.08. The lowest BCUT2D eigenvalue weighted by Gasteiger charge is -2.42. The molecular weight excluding hydrogens is 424 g/mol. The average molecular weight is 448 g/mol. The number of phenols is 1. The monoisotopic (exact) mass is 448 g/mol. The van der Waals surface area contributed by atoms with Crippen molar-refractivity contribution in [3.63, 3.8) is 0 Å². The first-order valence-corrected chi connectivity index (χ1v) is 11.0. The highest BCUT2D eigenvalue weighted by atomic mass is 16.3. The Labute approximate surface area is 190 Å². The molecule has 5 amide bonds. The molecule has 0 bridgehead atoms.